The van der Waals surface area contributed by atoms with E-state index in [-0.39, 0.29) is 24.1 Å². The van der Waals surface area contributed by atoms with E-state index in [1.54, 1.807) is 0 Å². The van der Waals surface area contributed by atoms with Gasteiger partial charge < -0.3 is 10.1 Å². The molecule has 0 aliphatic carbocycles. The van der Waals surface area contributed by atoms with Gasteiger partial charge in [-0.2, -0.15) is 4.31 Å². The summed E-state index contributed by atoms with van der Waals surface area (Å²) in [6.07, 6.45) is 3.01. The molecule has 9 heteroatoms. The van der Waals surface area contributed by atoms with Crippen molar-refractivity contribution in [2.24, 2.45) is 0 Å². The minimum absolute atomic E-state index is 0.139. The van der Waals surface area contributed by atoms with E-state index in [4.69, 9.17) is 4.74 Å². The first-order valence-electron chi connectivity index (χ1n) is 6.62. The van der Waals surface area contributed by atoms with Crippen molar-refractivity contribution in [2.45, 2.75) is 18.9 Å². The number of sulfonamides is 1. The zero-order chi connectivity index (χ0) is 15.2. The number of nitrogens with zero attached hydrogens (tertiary/aromatic N) is 1. The minimum Gasteiger partial charge on any atom is -0.383 e. The van der Waals surface area contributed by atoms with Crippen molar-refractivity contribution >= 4 is 19.9 Å². The number of hydrogen-bond acceptors (Lipinski definition) is 6. The standard InChI is InChI=1S/C11H24N2O5S2/c1-18-7-6-13(10-11-4-3-5-12-11)20(16,17)9-8-19(2,14)15/h11-12H,3-10H2,1-2H3. The Hall–Kier alpha value is -0.220. The molecule has 1 aliphatic heterocycles. The van der Waals surface area contributed by atoms with Gasteiger partial charge in [-0.1, -0.05) is 0 Å². The zero-order valence-corrected chi connectivity index (χ0v) is 13.7. The Labute approximate surface area is 121 Å². The SMILES string of the molecule is COCCN(CC1CCCN1)S(=O)(=O)CCS(C)(=O)=O. The summed E-state index contributed by atoms with van der Waals surface area (Å²) in [6, 6.07) is 0.139. The highest BCUT2D eigenvalue weighted by molar-refractivity contribution is 7.93. The predicted molar refractivity (Wildman–Crippen MR) is 78.0 cm³/mol. The Kier molecular flexibility index (Phi) is 6.86. The van der Waals surface area contributed by atoms with Crippen LogP contribution in [0, 0.1) is 0 Å². The van der Waals surface area contributed by atoms with Crippen LogP contribution in [0.1, 0.15) is 12.8 Å². The summed E-state index contributed by atoms with van der Waals surface area (Å²) in [5.74, 6) is -0.723. The van der Waals surface area contributed by atoms with E-state index in [9.17, 15) is 16.8 Å². The van der Waals surface area contributed by atoms with Gasteiger partial charge in [0.05, 0.1) is 18.1 Å². The maximum absolute atomic E-state index is 12.2. The predicted octanol–water partition coefficient (Wildman–Crippen LogP) is -0.939. The fraction of sp³-hybridized carbons (Fsp3) is 1.00. The summed E-state index contributed by atoms with van der Waals surface area (Å²) < 4.78 is 53.0. The second-order valence-electron chi connectivity index (χ2n) is 5.09. The highest BCUT2D eigenvalue weighted by atomic mass is 32.2. The van der Waals surface area contributed by atoms with Crippen LogP contribution < -0.4 is 5.32 Å². The lowest BCUT2D eigenvalue weighted by atomic mass is 10.2. The van der Waals surface area contributed by atoms with Crippen molar-refractivity contribution in [1.29, 1.82) is 0 Å². The molecule has 7 nitrogen and oxygen atoms in total. The molecule has 0 aromatic rings. The molecule has 1 atom stereocenters. The van der Waals surface area contributed by atoms with Gasteiger partial charge in [0.15, 0.2) is 0 Å². The summed E-state index contributed by atoms with van der Waals surface area (Å²) in [5, 5.41) is 3.24. The molecule has 1 N–H and O–H groups in total. The zero-order valence-electron chi connectivity index (χ0n) is 12.0. The van der Waals surface area contributed by atoms with Crippen LogP contribution in [-0.2, 0) is 24.6 Å². The van der Waals surface area contributed by atoms with Crippen molar-refractivity contribution in [1.82, 2.24) is 9.62 Å². The van der Waals surface area contributed by atoms with Crippen molar-refractivity contribution in [3.05, 3.63) is 0 Å². The molecule has 0 spiro atoms. The van der Waals surface area contributed by atoms with Crippen molar-refractivity contribution in [3.8, 4) is 0 Å². The number of hydrogen-bond donors (Lipinski definition) is 1. The summed E-state index contributed by atoms with van der Waals surface area (Å²) in [7, 11) is -5.36. The van der Waals surface area contributed by atoms with Gasteiger partial charge in [0.2, 0.25) is 10.0 Å². The molecule has 0 radical (unpaired) electrons. The van der Waals surface area contributed by atoms with Gasteiger partial charge in [-0.05, 0) is 19.4 Å². The van der Waals surface area contributed by atoms with Crippen molar-refractivity contribution < 1.29 is 21.6 Å². The molecule has 1 unspecified atom stereocenters. The van der Waals surface area contributed by atoms with Crippen LogP contribution in [0.3, 0.4) is 0 Å². The molecule has 1 saturated heterocycles. The van der Waals surface area contributed by atoms with Crippen LogP contribution in [-0.4, -0.2) is 78.3 Å². The maximum Gasteiger partial charge on any atom is 0.215 e. The van der Waals surface area contributed by atoms with Gasteiger partial charge in [-0.25, -0.2) is 16.8 Å². The molecule has 1 fully saturated rings. The van der Waals surface area contributed by atoms with Crippen LogP contribution in [0.4, 0.5) is 0 Å². The lowest BCUT2D eigenvalue weighted by molar-refractivity contribution is 0.176. The van der Waals surface area contributed by atoms with E-state index < -0.39 is 19.9 Å². The molecule has 1 aliphatic rings. The molecule has 0 aromatic carbocycles. The number of methoxy groups -OCH3 is 1. The monoisotopic (exact) mass is 328 g/mol. The first-order chi connectivity index (χ1) is 9.24. The fourth-order valence-electron chi connectivity index (χ4n) is 2.08. The Bertz CT molecular complexity index is 483. The molecule has 120 valence electrons. The van der Waals surface area contributed by atoms with Crippen LogP contribution >= 0.6 is 0 Å². The third-order valence-corrected chi connectivity index (χ3v) is 6.28. The largest absolute Gasteiger partial charge is 0.383 e. The topological polar surface area (TPSA) is 92.8 Å². The van der Waals surface area contributed by atoms with Crippen LogP contribution in [0.5, 0.6) is 0 Å². The molecule has 0 bridgehead atoms. The molecular weight excluding hydrogens is 304 g/mol. The van der Waals surface area contributed by atoms with Gasteiger partial charge in [0, 0.05) is 32.5 Å². The Morgan fingerprint density at radius 3 is 2.45 bits per heavy atom. The van der Waals surface area contributed by atoms with Crippen LogP contribution in [0.15, 0.2) is 0 Å². The summed E-state index contributed by atoms with van der Waals surface area (Å²) in [6.45, 7) is 1.81. The van der Waals surface area contributed by atoms with E-state index in [2.05, 4.69) is 5.32 Å². The summed E-state index contributed by atoms with van der Waals surface area (Å²) in [5.41, 5.74) is 0. The number of nitrogens with one attached hydrogen (secondary N) is 1. The quantitative estimate of drug-likeness (QED) is 0.587. The van der Waals surface area contributed by atoms with Gasteiger partial charge in [-0.3, -0.25) is 0 Å². The second-order valence-corrected chi connectivity index (χ2v) is 9.44. The van der Waals surface area contributed by atoms with Gasteiger partial charge in [0.1, 0.15) is 9.84 Å². The Morgan fingerprint density at radius 1 is 1.25 bits per heavy atom. The summed E-state index contributed by atoms with van der Waals surface area (Å²) >= 11 is 0. The molecule has 20 heavy (non-hydrogen) atoms. The average molecular weight is 328 g/mol. The van der Waals surface area contributed by atoms with Crippen molar-refractivity contribution in [2.75, 3.05) is 51.1 Å². The third kappa shape index (κ3) is 6.49. The molecule has 0 saturated carbocycles. The third-order valence-electron chi connectivity index (χ3n) is 3.24. The summed E-state index contributed by atoms with van der Waals surface area (Å²) in [4.78, 5) is 0. The second kappa shape index (κ2) is 7.69. The highest BCUT2D eigenvalue weighted by Gasteiger charge is 2.27. The van der Waals surface area contributed by atoms with Gasteiger partial charge in [-0.15, -0.1) is 0 Å². The van der Waals surface area contributed by atoms with E-state index in [0.717, 1.165) is 25.6 Å². The van der Waals surface area contributed by atoms with E-state index in [1.165, 1.54) is 11.4 Å². The minimum atomic E-state index is -3.58. The number of sulfone groups is 1. The molecular formula is C11H24N2O5S2. The van der Waals surface area contributed by atoms with E-state index >= 15 is 0 Å². The van der Waals surface area contributed by atoms with Gasteiger partial charge >= 0.3 is 0 Å². The molecule has 1 heterocycles. The lowest BCUT2D eigenvalue weighted by Crippen LogP contribution is -2.44. The smallest absolute Gasteiger partial charge is 0.215 e. The lowest BCUT2D eigenvalue weighted by Gasteiger charge is -2.24. The normalized spacial score (nSPS) is 20.6. The molecule has 0 amide bonds. The van der Waals surface area contributed by atoms with Crippen LogP contribution in [0.25, 0.3) is 0 Å². The maximum atomic E-state index is 12.2. The molecule has 0 aromatic heterocycles. The van der Waals surface area contributed by atoms with Crippen LogP contribution in [0.2, 0.25) is 0 Å². The number of rotatable bonds is 9. The average Bonchev–Trinajstić information content (AvgIpc) is 2.84. The van der Waals surface area contributed by atoms with E-state index in [1.807, 2.05) is 0 Å². The highest BCUT2D eigenvalue weighted by Crippen LogP contribution is 2.11. The van der Waals surface area contributed by atoms with Crippen molar-refractivity contribution in [3.63, 3.8) is 0 Å². The first kappa shape index (κ1) is 17.8. The van der Waals surface area contributed by atoms with E-state index in [0.29, 0.717) is 13.2 Å². The first-order valence-corrected chi connectivity index (χ1v) is 10.3. The number of ether oxygens (including phenoxy) is 1. The Morgan fingerprint density at radius 2 is 1.95 bits per heavy atom. The molecule has 1 rings (SSSR count). The fourth-order valence-corrected chi connectivity index (χ4v) is 5.15. The Balaban J connectivity index is 2.68. The van der Waals surface area contributed by atoms with Gasteiger partial charge in [0.25, 0.3) is 0 Å².